The molecule has 6 heteroatoms. The summed E-state index contributed by atoms with van der Waals surface area (Å²) in [6.45, 7) is 4.75. The first kappa shape index (κ1) is 15.3. The molecule has 0 aliphatic rings. The molecule has 20 heavy (non-hydrogen) atoms. The van der Waals surface area contributed by atoms with Crippen LogP contribution in [0.1, 0.15) is 18.4 Å². The summed E-state index contributed by atoms with van der Waals surface area (Å²) in [5, 5.41) is 3.20. The monoisotopic (exact) mass is 355 g/mol. The number of anilines is 1. The molecule has 2 rings (SSSR count). The Kier molecular flexibility index (Phi) is 5.37. The van der Waals surface area contributed by atoms with E-state index in [1.807, 2.05) is 19.9 Å². The van der Waals surface area contributed by atoms with E-state index >= 15 is 0 Å². The second-order valence-corrected chi connectivity index (χ2v) is 6.01. The van der Waals surface area contributed by atoms with Crippen molar-refractivity contribution >= 4 is 33.5 Å². The minimum atomic E-state index is -0.226. The van der Waals surface area contributed by atoms with E-state index in [2.05, 4.69) is 31.2 Å². The van der Waals surface area contributed by atoms with E-state index in [1.165, 1.54) is 23.9 Å². The lowest BCUT2D eigenvalue weighted by Gasteiger charge is -2.09. The molecular formula is C14H15BrFN3S. The molecule has 0 amide bonds. The molecule has 0 unspecified atom stereocenters. The standard InChI is InChI=1S/C14H15BrFN3S/c1-3-17-14-13(15)9(2)18-12(19-14)8-20-11-6-4-5-10(16)7-11/h4-7H,3,8H2,1-2H3,(H,17,18,19). The Balaban J connectivity index is 2.13. The topological polar surface area (TPSA) is 37.8 Å². The van der Waals surface area contributed by atoms with Gasteiger partial charge in [0.25, 0.3) is 0 Å². The number of rotatable bonds is 5. The van der Waals surface area contributed by atoms with Gasteiger partial charge in [-0.25, -0.2) is 14.4 Å². The van der Waals surface area contributed by atoms with Gasteiger partial charge in [0.15, 0.2) is 0 Å². The third-order valence-corrected chi connectivity index (χ3v) is 4.51. The van der Waals surface area contributed by atoms with E-state index in [9.17, 15) is 4.39 Å². The number of hydrogen-bond acceptors (Lipinski definition) is 4. The Bertz CT molecular complexity index is 607. The molecule has 3 nitrogen and oxygen atoms in total. The summed E-state index contributed by atoms with van der Waals surface area (Å²) in [5.74, 6) is 1.91. The molecule has 1 aromatic heterocycles. The Labute approximate surface area is 130 Å². The minimum absolute atomic E-state index is 0.226. The summed E-state index contributed by atoms with van der Waals surface area (Å²) in [7, 11) is 0. The largest absolute Gasteiger partial charge is 0.369 e. The van der Waals surface area contributed by atoms with Crippen LogP contribution >= 0.6 is 27.7 Å². The van der Waals surface area contributed by atoms with Crippen LogP contribution in [0.15, 0.2) is 33.6 Å². The molecule has 0 saturated heterocycles. The molecule has 0 fully saturated rings. The molecule has 0 bridgehead atoms. The van der Waals surface area contributed by atoms with Crippen molar-refractivity contribution < 1.29 is 4.39 Å². The summed E-state index contributed by atoms with van der Waals surface area (Å²) in [4.78, 5) is 9.79. The third-order valence-electron chi connectivity index (χ3n) is 2.57. The van der Waals surface area contributed by atoms with Crippen LogP contribution in [-0.4, -0.2) is 16.5 Å². The zero-order valence-corrected chi connectivity index (χ0v) is 13.7. The van der Waals surface area contributed by atoms with Gasteiger partial charge >= 0.3 is 0 Å². The van der Waals surface area contributed by atoms with Crippen LogP contribution in [0.5, 0.6) is 0 Å². The average Bonchev–Trinajstić information content (AvgIpc) is 2.42. The molecule has 2 aromatic rings. The van der Waals surface area contributed by atoms with Crippen LogP contribution in [0, 0.1) is 12.7 Å². The predicted molar refractivity (Wildman–Crippen MR) is 84.6 cm³/mol. The quantitative estimate of drug-likeness (QED) is 0.806. The Morgan fingerprint density at radius 1 is 1.35 bits per heavy atom. The normalized spacial score (nSPS) is 10.6. The van der Waals surface area contributed by atoms with Gasteiger partial charge in [0.2, 0.25) is 0 Å². The molecule has 0 spiro atoms. The lowest BCUT2D eigenvalue weighted by molar-refractivity contribution is 0.624. The number of nitrogens with zero attached hydrogens (tertiary/aromatic N) is 2. The van der Waals surface area contributed by atoms with E-state index in [0.717, 1.165) is 33.2 Å². The molecule has 0 atom stereocenters. The lowest BCUT2D eigenvalue weighted by atomic mass is 10.4. The van der Waals surface area contributed by atoms with Crippen LogP contribution in [0.4, 0.5) is 10.2 Å². The van der Waals surface area contributed by atoms with Crippen LogP contribution in [0.3, 0.4) is 0 Å². The molecule has 1 aromatic carbocycles. The van der Waals surface area contributed by atoms with Gasteiger partial charge in [0.1, 0.15) is 17.5 Å². The molecular weight excluding hydrogens is 341 g/mol. The molecule has 106 valence electrons. The fourth-order valence-electron chi connectivity index (χ4n) is 1.67. The van der Waals surface area contributed by atoms with Gasteiger partial charge < -0.3 is 5.32 Å². The fraction of sp³-hybridized carbons (Fsp3) is 0.286. The first-order chi connectivity index (χ1) is 9.60. The summed E-state index contributed by atoms with van der Waals surface area (Å²) in [6.07, 6.45) is 0. The number of hydrogen-bond donors (Lipinski definition) is 1. The van der Waals surface area contributed by atoms with Crippen molar-refractivity contribution in [2.24, 2.45) is 0 Å². The Morgan fingerprint density at radius 2 is 2.15 bits per heavy atom. The van der Waals surface area contributed by atoms with Crippen LogP contribution in [0.25, 0.3) is 0 Å². The van der Waals surface area contributed by atoms with Crippen molar-refractivity contribution in [1.29, 1.82) is 0 Å². The van der Waals surface area contributed by atoms with Gasteiger partial charge in [-0.1, -0.05) is 6.07 Å². The highest BCUT2D eigenvalue weighted by Gasteiger charge is 2.09. The number of halogens is 2. The number of nitrogens with one attached hydrogen (secondary N) is 1. The second-order valence-electron chi connectivity index (χ2n) is 4.16. The smallest absolute Gasteiger partial charge is 0.144 e. The molecule has 0 aliphatic carbocycles. The van der Waals surface area contributed by atoms with Crippen molar-refractivity contribution in [2.75, 3.05) is 11.9 Å². The van der Waals surface area contributed by atoms with E-state index in [1.54, 1.807) is 6.07 Å². The summed E-state index contributed by atoms with van der Waals surface area (Å²) in [5.41, 5.74) is 0.894. The SMILES string of the molecule is CCNc1nc(CSc2cccc(F)c2)nc(C)c1Br. The van der Waals surface area contributed by atoms with Gasteiger partial charge in [0, 0.05) is 11.4 Å². The van der Waals surface area contributed by atoms with Crippen molar-refractivity contribution in [1.82, 2.24) is 9.97 Å². The molecule has 1 N–H and O–H groups in total. The predicted octanol–water partition coefficient (Wildman–Crippen LogP) is 4.41. The highest BCUT2D eigenvalue weighted by molar-refractivity contribution is 9.10. The first-order valence-electron chi connectivity index (χ1n) is 6.25. The lowest BCUT2D eigenvalue weighted by Crippen LogP contribution is -2.05. The van der Waals surface area contributed by atoms with E-state index in [-0.39, 0.29) is 5.82 Å². The van der Waals surface area contributed by atoms with Crippen molar-refractivity contribution in [3.05, 3.63) is 46.1 Å². The Morgan fingerprint density at radius 3 is 2.85 bits per heavy atom. The summed E-state index contributed by atoms with van der Waals surface area (Å²) >= 11 is 5.00. The van der Waals surface area contributed by atoms with Crippen LogP contribution in [-0.2, 0) is 5.75 Å². The number of thioether (sulfide) groups is 1. The summed E-state index contributed by atoms with van der Waals surface area (Å²) in [6, 6.07) is 6.54. The maximum atomic E-state index is 13.1. The van der Waals surface area contributed by atoms with Gasteiger partial charge in [-0.2, -0.15) is 0 Å². The zero-order valence-electron chi connectivity index (χ0n) is 11.3. The first-order valence-corrected chi connectivity index (χ1v) is 8.03. The highest BCUT2D eigenvalue weighted by atomic mass is 79.9. The maximum Gasteiger partial charge on any atom is 0.144 e. The fourth-order valence-corrected chi connectivity index (χ4v) is 2.78. The van der Waals surface area contributed by atoms with E-state index in [4.69, 9.17) is 0 Å². The minimum Gasteiger partial charge on any atom is -0.369 e. The maximum absolute atomic E-state index is 13.1. The number of aromatic nitrogens is 2. The van der Waals surface area contributed by atoms with Gasteiger partial charge in [-0.15, -0.1) is 11.8 Å². The average molecular weight is 356 g/mol. The van der Waals surface area contributed by atoms with Crippen molar-refractivity contribution in [3.8, 4) is 0 Å². The molecule has 1 heterocycles. The van der Waals surface area contributed by atoms with Gasteiger partial charge in [-0.05, 0) is 48.0 Å². The van der Waals surface area contributed by atoms with Crippen molar-refractivity contribution in [3.63, 3.8) is 0 Å². The summed E-state index contributed by atoms with van der Waals surface area (Å²) < 4.78 is 14.0. The molecule has 0 saturated carbocycles. The van der Waals surface area contributed by atoms with Crippen LogP contribution < -0.4 is 5.32 Å². The van der Waals surface area contributed by atoms with Gasteiger partial charge in [0.05, 0.1) is 15.9 Å². The third kappa shape index (κ3) is 3.93. The number of benzene rings is 1. The number of aryl methyl sites for hydroxylation is 1. The zero-order chi connectivity index (χ0) is 14.5. The highest BCUT2D eigenvalue weighted by Crippen LogP contribution is 2.26. The molecule has 0 radical (unpaired) electrons. The van der Waals surface area contributed by atoms with Crippen LogP contribution in [0.2, 0.25) is 0 Å². The van der Waals surface area contributed by atoms with Gasteiger partial charge in [-0.3, -0.25) is 0 Å². The van der Waals surface area contributed by atoms with Crippen molar-refractivity contribution in [2.45, 2.75) is 24.5 Å². The second kappa shape index (κ2) is 7.04. The molecule has 0 aliphatic heterocycles. The van der Waals surface area contributed by atoms with E-state index in [0.29, 0.717) is 5.75 Å². The Hall–Kier alpha value is -1.14. The van der Waals surface area contributed by atoms with E-state index < -0.39 is 0 Å².